The van der Waals surface area contributed by atoms with Gasteiger partial charge in [0.15, 0.2) is 0 Å². The van der Waals surface area contributed by atoms with Crippen LogP contribution >= 0.6 is 27.3 Å². The molecule has 0 fully saturated rings. The number of carbonyl (C=O) groups excluding carboxylic acids is 1. The second-order valence-corrected chi connectivity index (χ2v) is 6.11. The summed E-state index contributed by atoms with van der Waals surface area (Å²) >= 11 is 4.68. The van der Waals surface area contributed by atoms with Crippen LogP contribution in [0.4, 0.5) is 5.69 Å². The van der Waals surface area contributed by atoms with Gasteiger partial charge in [0.2, 0.25) is 5.91 Å². The molecule has 0 atom stereocenters. The third-order valence-electron chi connectivity index (χ3n) is 2.90. The quantitative estimate of drug-likeness (QED) is 0.777. The summed E-state index contributed by atoms with van der Waals surface area (Å²) in [6, 6.07) is 9.09. The number of thiophene rings is 1. The fourth-order valence-electron chi connectivity index (χ4n) is 1.90. The van der Waals surface area contributed by atoms with E-state index >= 15 is 0 Å². The van der Waals surface area contributed by atoms with E-state index in [9.17, 15) is 9.59 Å². The number of anilines is 1. The Hall–Kier alpha value is -1.99. The summed E-state index contributed by atoms with van der Waals surface area (Å²) < 4.78 is 2.66. The number of rotatable bonds is 3. The monoisotopic (exact) mass is 363 g/mol. The molecule has 1 aromatic carbocycles. The van der Waals surface area contributed by atoms with Gasteiger partial charge in [-0.15, -0.1) is 11.3 Å². The summed E-state index contributed by atoms with van der Waals surface area (Å²) in [5, 5.41) is 4.57. The Bertz CT molecular complexity index is 872. The van der Waals surface area contributed by atoms with E-state index in [1.807, 2.05) is 23.6 Å². The maximum absolute atomic E-state index is 12.2. The van der Waals surface area contributed by atoms with Crippen molar-refractivity contribution in [2.75, 3.05) is 5.32 Å². The zero-order chi connectivity index (χ0) is 14.8. The van der Waals surface area contributed by atoms with Crippen molar-refractivity contribution in [1.82, 2.24) is 9.55 Å². The Kier molecular flexibility index (Phi) is 3.85. The fraction of sp³-hybridized carbons (Fsp3) is 0.0714. The standard InChI is InChI=1S/C14H10BrN3O2S/c15-9-3-1-2-4-10(9)17-12(19)7-18-8-16-11-5-6-21-13(11)14(18)20/h1-6,8H,7H2,(H,17,19). The first-order chi connectivity index (χ1) is 10.1. The number of fused-ring (bicyclic) bond motifs is 1. The minimum Gasteiger partial charge on any atom is -0.324 e. The molecule has 0 radical (unpaired) electrons. The Balaban J connectivity index is 1.82. The number of amides is 1. The van der Waals surface area contributed by atoms with E-state index in [0.717, 1.165) is 4.47 Å². The molecule has 0 unspecified atom stereocenters. The Morgan fingerprint density at radius 1 is 1.33 bits per heavy atom. The van der Waals surface area contributed by atoms with Gasteiger partial charge in [-0.25, -0.2) is 4.98 Å². The van der Waals surface area contributed by atoms with E-state index < -0.39 is 0 Å². The Labute approximate surface area is 132 Å². The lowest BCUT2D eigenvalue weighted by Gasteiger charge is -2.08. The van der Waals surface area contributed by atoms with E-state index in [-0.39, 0.29) is 18.0 Å². The number of hydrogen-bond donors (Lipinski definition) is 1. The van der Waals surface area contributed by atoms with Crippen molar-refractivity contribution in [3.05, 3.63) is 56.9 Å². The minimum absolute atomic E-state index is 0.0684. The Morgan fingerprint density at radius 2 is 2.14 bits per heavy atom. The first-order valence-electron chi connectivity index (χ1n) is 6.12. The van der Waals surface area contributed by atoms with Crippen LogP contribution in [0.5, 0.6) is 0 Å². The molecule has 2 aromatic heterocycles. The second kappa shape index (κ2) is 5.79. The first kappa shape index (κ1) is 14.0. The summed E-state index contributed by atoms with van der Waals surface area (Å²) in [5.41, 5.74) is 1.13. The van der Waals surface area contributed by atoms with E-state index in [0.29, 0.717) is 15.9 Å². The van der Waals surface area contributed by atoms with Gasteiger partial charge in [-0.2, -0.15) is 0 Å². The molecule has 0 aliphatic rings. The van der Waals surface area contributed by atoms with Crippen molar-refractivity contribution in [3.63, 3.8) is 0 Å². The average molecular weight is 364 g/mol. The van der Waals surface area contributed by atoms with Gasteiger partial charge in [0.25, 0.3) is 5.56 Å². The molecule has 0 spiro atoms. The molecule has 1 N–H and O–H groups in total. The van der Waals surface area contributed by atoms with Gasteiger partial charge in [-0.3, -0.25) is 14.2 Å². The highest BCUT2D eigenvalue weighted by atomic mass is 79.9. The molecule has 7 heteroatoms. The molecular weight excluding hydrogens is 354 g/mol. The van der Waals surface area contributed by atoms with E-state index in [2.05, 4.69) is 26.2 Å². The third kappa shape index (κ3) is 2.88. The van der Waals surface area contributed by atoms with Crippen LogP contribution in [0, 0.1) is 0 Å². The molecule has 0 saturated heterocycles. The number of benzene rings is 1. The third-order valence-corrected chi connectivity index (χ3v) is 4.48. The molecule has 5 nitrogen and oxygen atoms in total. The van der Waals surface area contributed by atoms with Gasteiger partial charge < -0.3 is 5.32 Å². The maximum atomic E-state index is 12.2. The summed E-state index contributed by atoms with van der Waals surface area (Å²) in [4.78, 5) is 28.4. The molecule has 0 aliphatic carbocycles. The lowest BCUT2D eigenvalue weighted by atomic mass is 10.3. The number of hydrogen-bond acceptors (Lipinski definition) is 4. The molecule has 0 bridgehead atoms. The molecule has 106 valence electrons. The van der Waals surface area contributed by atoms with Crippen molar-refractivity contribution in [2.45, 2.75) is 6.54 Å². The summed E-state index contributed by atoms with van der Waals surface area (Å²) in [6.45, 7) is -0.0684. The smallest absolute Gasteiger partial charge is 0.271 e. The molecular formula is C14H10BrN3O2S. The molecule has 3 rings (SSSR count). The van der Waals surface area contributed by atoms with Crippen molar-refractivity contribution in [1.29, 1.82) is 0 Å². The second-order valence-electron chi connectivity index (χ2n) is 4.34. The number of nitrogens with one attached hydrogen (secondary N) is 1. The van der Waals surface area contributed by atoms with Crippen molar-refractivity contribution in [2.24, 2.45) is 0 Å². The van der Waals surface area contributed by atoms with Crippen LogP contribution in [-0.4, -0.2) is 15.5 Å². The number of carbonyl (C=O) groups is 1. The zero-order valence-electron chi connectivity index (χ0n) is 10.7. The summed E-state index contributed by atoms with van der Waals surface area (Å²) in [5.74, 6) is -0.276. The largest absolute Gasteiger partial charge is 0.324 e. The maximum Gasteiger partial charge on any atom is 0.271 e. The van der Waals surface area contributed by atoms with E-state index in [1.165, 1.54) is 22.2 Å². The van der Waals surface area contributed by atoms with Crippen molar-refractivity contribution in [3.8, 4) is 0 Å². The normalized spacial score (nSPS) is 10.7. The van der Waals surface area contributed by atoms with Gasteiger partial charge in [-0.05, 0) is 39.5 Å². The molecule has 21 heavy (non-hydrogen) atoms. The molecule has 0 saturated carbocycles. The van der Waals surface area contributed by atoms with Gasteiger partial charge >= 0.3 is 0 Å². The van der Waals surface area contributed by atoms with Crippen LogP contribution in [0.15, 0.2) is 51.3 Å². The lowest BCUT2D eigenvalue weighted by molar-refractivity contribution is -0.116. The van der Waals surface area contributed by atoms with Crippen LogP contribution < -0.4 is 10.9 Å². The highest BCUT2D eigenvalue weighted by molar-refractivity contribution is 9.10. The highest BCUT2D eigenvalue weighted by Gasteiger charge is 2.10. The summed E-state index contributed by atoms with van der Waals surface area (Å²) in [7, 11) is 0. The molecule has 3 aromatic rings. The van der Waals surface area contributed by atoms with Gasteiger partial charge in [0.1, 0.15) is 11.2 Å². The van der Waals surface area contributed by atoms with Crippen LogP contribution in [0.1, 0.15) is 0 Å². The SMILES string of the molecule is O=C(Cn1cnc2ccsc2c1=O)Nc1ccccc1Br. The van der Waals surface area contributed by atoms with E-state index in [1.54, 1.807) is 12.1 Å². The molecule has 0 aliphatic heterocycles. The zero-order valence-corrected chi connectivity index (χ0v) is 13.1. The minimum atomic E-state index is -0.276. The van der Waals surface area contributed by atoms with Crippen LogP contribution in [0.3, 0.4) is 0 Å². The number of para-hydroxylation sites is 1. The number of halogens is 1. The van der Waals surface area contributed by atoms with Gasteiger partial charge in [0, 0.05) is 4.47 Å². The fourth-order valence-corrected chi connectivity index (χ4v) is 3.08. The van der Waals surface area contributed by atoms with Crippen LogP contribution in [-0.2, 0) is 11.3 Å². The van der Waals surface area contributed by atoms with E-state index in [4.69, 9.17) is 0 Å². The molecule has 1 amide bonds. The highest BCUT2D eigenvalue weighted by Crippen LogP contribution is 2.21. The lowest BCUT2D eigenvalue weighted by Crippen LogP contribution is -2.27. The predicted molar refractivity (Wildman–Crippen MR) is 86.7 cm³/mol. The van der Waals surface area contributed by atoms with Gasteiger partial charge in [0.05, 0.1) is 17.5 Å². The molecule has 2 heterocycles. The van der Waals surface area contributed by atoms with Crippen LogP contribution in [0.2, 0.25) is 0 Å². The van der Waals surface area contributed by atoms with Crippen molar-refractivity contribution < 1.29 is 4.79 Å². The summed E-state index contributed by atoms with van der Waals surface area (Å²) in [6.07, 6.45) is 1.40. The number of nitrogens with zero attached hydrogens (tertiary/aromatic N) is 2. The predicted octanol–water partition coefficient (Wildman–Crippen LogP) is 2.86. The average Bonchev–Trinajstić information content (AvgIpc) is 2.94. The van der Waals surface area contributed by atoms with Crippen LogP contribution in [0.25, 0.3) is 10.2 Å². The Morgan fingerprint density at radius 3 is 2.95 bits per heavy atom. The van der Waals surface area contributed by atoms with Crippen molar-refractivity contribution >= 4 is 49.1 Å². The first-order valence-corrected chi connectivity index (χ1v) is 7.79. The van der Waals surface area contributed by atoms with Gasteiger partial charge in [-0.1, -0.05) is 12.1 Å². The topological polar surface area (TPSA) is 64.0 Å². The number of aromatic nitrogens is 2.